The fraction of sp³-hybridized carbons (Fsp3) is 0.878. The summed E-state index contributed by atoms with van der Waals surface area (Å²) in [6.07, 6.45) is 52.1. The molecule has 5 heteroatoms. The molecule has 0 radical (unpaired) electrons. The van der Waals surface area contributed by atoms with Crippen LogP contribution in [0.3, 0.4) is 0 Å². The van der Waals surface area contributed by atoms with Gasteiger partial charge < -0.3 is 14.2 Å². The Balaban J connectivity index is 3.98. The van der Waals surface area contributed by atoms with Crippen LogP contribution in [0.4, 0.5) is 0 Å². The summed E-state index contributed by atoms with van der Waals surface area (Å²) in [6, 6.07) is 0. The van der Waals surface area contributed by atoms with E-state index in [4.69, 9.17) is 14.2 Å². The molecule has 0 amide bonds. The van der Waals surface area contributed by atoms with Crippen LogP contribution in [0.15, 0.2) is 24.3 Å². The summed E-state index contributed by atoms with van der Waals surface area (Å²) in [5.41, 5.74) is 0. The largest absolute Gasteiger partial charge is 0.462 e. The van der Waals surface area contributed by atoms with E-state index in [9.17, 15) is 9.59 Å². The van der Waals surface area contributed by atoms with Gasteiger partial charge >= 0.3 is 11.9 Å². The van der Waals surface area contributed by atoms with Crippen molar-refractivity contribution in [1.82, 2.24) is 0 Å². The summed E-state index contributed by atoms with van der Waals surface area (Å²) in [4.78, 5) is 25.0. The highest BCUT2D eigenvalue weighted by Crippen LogP contribution is 2.16. The lowest BCUT2D eigenvalue weighted by atomic mass is 10.0. The molecule has 0 spiro atoms. The zero-order valence-electron chi connectivity index (χ0n) is 36.5. The lowest BCUT2D eigenvalue weighted by molar-refractivity contribution is -0.163. The van der Waals surface area contributed by atoms with E-state index in [0.29, 0.717) is 19.4 Å². The number of hydrogen-bond acceptors (Lipinski definition) is 5. The lowest BCUT2D eigenvalue weighted by Gasteiger charge is -2.18. The summed E-state index contributed by atoms with van der Waals surface area (Å²) >= 11 is 0. The van der Waals surface area contributed by atoms with E-state index in [-0.39, 0.29) is 25.2 Å². The van der Waals surface area contributed by atoms with Crippen LogP contribution >= 0.6 is 0 Å². The van der Waals surface area contributed by atoms with Gasteiger partial charge in [0, 0.05) is 19.4 Å². The Bertz CT molecular complexity index is 821. The molecule has 0 aromatic rings. The van der Waals surface area contributed by atoms with Gasteiger partial charge in [-0.2, -0.15) is 0 Å². The van der Waals surface area contributed by atoms with Crippen LogP contribution in [0, 0.1) is 0 Å². The highest BCUT2D eigenvalue weighted by atomic mass is 16.6. The molecule has 0 N–H and O–H groups in total. The van der Waals surface area contributed by atoms with E-state index in [1.165, 1.54) is 167 Å². The summed E-state index contributed by atoms with van der Waals surface area (Å²) in [5, 5.41) is 0. The highest BCUT2D eigenvalue weighted by Gasteiger charge is 2.17. The molecule has 0 aliphatic carbocycles. The SMILES string of the molecule is CCC/C=C\C/C=C\CCCCCCCCOCC(COC(=O)CCCCCCCCCCCCCCCCCCCCC)OC(=O)CCCCCCC. The number of esters is 2. The van der Waals surface area contributed by atoms with Crippen molar-refractivity contribution in [2.24, 2.45) is 0 Å². The Morgan fingerprint density at radius 1 is 0.407 bits per heavy atom. The standard InChI is InChI=1S/C49H92O5/c1-4-7-10-13-15-17-19-21-23-24-25-26-27-28-30-32-34-37-39-42-48(50)53-46-47(54-49(51)43-40-36-12-9-6-3)45-52-44-41-38-35-33-31-29-22-20-18-16-14-11-8-5-2/h11,14,18,20,47H,4-10,12-13,15-17,19,21-46H2,1-3H3/b14-11-,20-18-. The Kier molecular flexibility index (Phi) is 44.4. The Labute approximate surface area is 337 Å². The normalized spacial score (nSPS) is 12.3. The molecule has 0 bridgehead atoms. The first-order chi connectivity index (χ1) is 26.6. The molecular weight excluding hydrogens is 669 g/mol. The molecule has 1 atom stereocenters. The number of allylic oxidation sites excluding steroid dienone is 4. The van der Waals surface area contributed by atoms with E-state index in [2.05, 4.69) is 45.1 Å². The average molecular weight is 761 g/mol. The summed E-state index contributed by atoms with van der Waals surface area (Å²) < 4.78 is 17.2. The fourth-order valence-electron chi connectivity index (χ4n) is 6.90. The second-order valence-electron chi connectivity index (χ2n) is 16.0. The molecule has 0 aromatic heterocycles. The van der Waals surface area contributed by atoms with E-state index in [1.54, 1.807) is 0 Å². The van der Waals surface area contributed by atoms with Crippen molar-refractivity contribution in [3.8, 4) is 0 Å². The van der Waals surface area contributed by atoms with Crippen molar-refractivity contribution < 1.29 is 23.8 Å². The van der Waals surface area contributed by atoms with E-state index in [1.807, 2.05) is 0 Å². The molecule has 0 heterocycles. The van der Waals surface area contributed by atoms with Crippen molar-refractivity contribution in [2.45, 2.75) is 258 Å². The predicted molar refractivity (Wildman–Crippen MR) is 233 cm³/mol. The quantitative estimate of drug-likeness (QED) is 0.0352. The molecule has 0 saturated carbocycles. The van der Waals surface area contributed by atoms with Gasteiger partial charge in [-0.15, -0.1) is 0 Å². The zero-order chi connectivity index (χ0) is 39.3. The minimum absolute atomic E-state index is 0.0863. The minimum Gasteiger partial charge on any atom is -0.462 e. The smallest absolute Gasteiger partial charge is 0.306 e. The number of ether oxygens (including phenoxy) is 3. The van der Waals surface area contributed by atoms with Crippen molar-refractivity contribution in [3.05, 3.63) is 24.3 Å². The van der Waals surface area contributed by atoms with Gasteiger partial charge in [0.25, 0.3) is 0 Å². The number of unbranched alkanes of at least 4 members (excludes halogenated alkanes) is 29. The van der Waals surface area contributed by atoms with Gasteiger partial charge in [0.05, 0.1) is 6.61 Å². The number of carbonyl (C=O) groups excluding carboxylic acids is 2. The molecule has 54 heavy (non-hydrogen) atoms. The molecule has 0 aliphatic rings. The molecule has 0 aromatic carbocycles. The Morgan fingerprint density at radius 3 is 1.30 bits per heavy atom. The predicted octanol–water partition coefficient (Wildman–Crippen LogP) is 15.7. The van der Waals surface area contributed by atoms with Crippen molar-refractivity contribution >= 4 is 11.9 Å². The van der Waals surface area contributed by atoms with Crippen LogP contribution in [-0.2, 0) is 23.8 Å². The first-order valence-electron chi connectivity index (χ1n) is 23.9. The second kappa shape index (κ2) is 45.8. The van der Waals surface area contributed by atoms with Gasteiger partial charge in [-0.05, 0) is 44.9 Å². The van der Waals surface area contributed by atoms with E-state index in [0.717, 1.165) is 51.4 Å². The zero-order valence-corrected chi connectivity index (χ0v) is 36.5. The van der Waals surface area contributed by atoms with Crippen LogP contribution < -0.4 is 0 Å². The summed E-state index contributed by atoms with van der Waals surface area (Å²) in [5.74, 6) is -0.403. The van der Waals surface area contributed by atoms with Crippen molar-refractivity contribution in [2.75, 3.05) is 19.8 Å². The van der Waals surface area contributed by atoms with Crippen molar-refractivity contribution in [1.29, 1.82) is 0 Å². The first kappa shape index (κ1) is 52.4. The van der Waals surface area contributed by atoms with Crippen LogP contribution in [0.25, 0.3) is 0 Å². The Morgan fingerprint density at radius 2 is 0.815 bits per heavy atom. The lowest BCUT2D eigenvalue weighted by Crippen LogP contribution is -2.30. The molecule has 1 unspecified atom stereocenters. The van der Waals surface area contributed by atoms with E-state index < -0.39 is 6.10 Å². The molecule has 0 aliphatic heterocycles. The third-order valence-corrected chi connectivity index (χ3v) is 10.5. The number of hydrogen-bond donors (Lipinski definition) is 0. The summed E-state index contributed by atoms with van der Waals surface area (Å²) in [7, 11) is 0. The van der Waals surface area contributed by atoms with Crippen LogP contribution in [0.2, 0.25) is 0 Å². The van der Waals surface area contributed by atoms with Gasteiger partial charge in [0.1, 0.15) is 6.61 Å². The Hall–Kier alpha value is -1.62. The van der Waals surface area contributed by atoms with Crippen LogP contribution in [-0.4, -0.2) is 37.9 Å². The number of rotatable bonds is 44. The maximum atomic E-state index is 12.5. The van der Waals surface area contributed by atoms with Crippen LogP contribution in [0.1, 0.15) is 252 Å². The first-order valence-corrected chi connectivity index (χ1v) is 23.9. The monoisotopic (exact) mass is 761 g/mol. The van der Waals surface area contributed by atoms with Gasteiger partial charge in [-0.25, -0.2) is 0 Å². The molecule has 0 rings (SSSR count). The minimum atomic E-state index is -0.530. The van der Waals surface area contributed by atoms with Crippen LogP contribution in [0.5, 0.6) is 0 Å². The molecule has 0 fully saturated rings. The third-order valence-electron chi connectivity index (χ3n) is 10.5. The molecule has 0 saturated heterocycles. The molecular formula is C49H92O5. The second-order valence-corrected chi connectivity index (χ2v) is 16.0. The molecule has 5 nitrogen and oxygen atoms in total. The maximum absolute atomic E-state index is 12.5. The topological polar surface area (TPSA) is 61.8 Å². The fourth-order valence-corrected chi connectivity index (χ4v) is 6.90. The van der Waals surface area contributed by atoms with Gasteiger partial charge in [-0.1, -0.05) is 218 Å². The highest BCUT2D eigenvalue weighted by molar-refractivity contribution is 5.70. The number of carbonyl (C=O) groups is 2. The third kappa shape index (κ3) is 43.1. The van der Waals surface area contributed by atoms with Gasteiger partial charge in [0.15, 0.2) is 6.10 Å². The molecule has 318 valence electrons. The summed E-state index contributed by atoms with van der Waals surface area (Å²) in [6.45, 7) is 7.71. The average Bonchev–Trinajstić information content (AvgIpc) is 3.17. The van der Waals surface area contributed by atoms with Gasteiger partial charge in [0.2, 0.25) is 0 Å². The maximum Gasteiger partial charge on any atom is 0.306 e. The van der Waals surface area contributed by atoms with Crippen molar-refractivity contribution in [3.63, 3.8) is 0 Å². The van der Waals surface area contributed by atoms with E-state index >= 15 is 0 Å². The van der Waals surface area contributed by atoms with Gasteiger partial charge in [-0.3, -0.25) is 9.59 Å².